The fraction of sp³-hybridized carbons (Fsp3) is 0.148. The van der Waals surface area contributed by atoms with Crippen molar-refractivity contribution in [2.45, 2.75) is 19.0 Å². The third-order valence-electron chi connectivity index (χ3n) is 5.63. The van der Waals surface area contributed by atoms with Crippen molar-refractivity contribution in [1.29, 1.82) is 0 Å². The molecule has 11 heteroatoms. The number of halogens is 3. The molecular formula is C27H24BrCl2N5O3. The molecule has 4 rings (SSSR count). The largest absolute Gasteiger partial charge is 0.453 e. The quantitative estimate of drug-likeness (QED) is 0.169. The molecule has 3 amide bonds. The van der Waals surface area contributed by atoms with Crippen LogP contribution in [-0.2, 0) is 17.7 Å². The lowest BCUT2D eigenvalue weighted by atomic mass is 10.1. The molecule has 4 aromatic rings. The molecule has 0 aliphatic heterocycles. The van der Waals surface area contributed by atoms with Gasteiger partial charge >= 0.3 is 12.1 Å². The van der Waals surface area contributed by atoms with E-state index in [4.69, 9.17) is 28.2 Å². The molecule has 0 fully saturated rings. The number of rotatable bonds is 8. The van der Waals surface area contributed by atoms with Crippen molar-refractivity contribution in [2.24, 2.45) is 0 Å². The summed E-state index contributed by atoms with van der Waals surface area (Å²) < 4.78 is 5.46. The highest BCUT2D eigenvalue weighted by Crippen LogP contribution is 2.29. The van der Waals surface area contributed by atoms with Crippen LogP contribution in [0.2, 0.25) is 10.2 Å². The number of methoxy groups -OCH3 is 1. The maximum atomic E-state index is 12.9. The molecule has 0 saturated carbocycles. The molecule has 1 heterocycles. The van der Waals surface area contributed by atoms with Crippen LogP contribution in [-0.4, -0.2) is 29.2 Å². The van der Waals surface area contributed by atoms with E-state index < -0.39 is 12.1 Å². The predicted molar refractivity (Wildman–Crippen MR) is 152 cm³/mol. The maximum absolute atomic E-state index is 12.9. The number of H-pyrrole nitrogens is 1. The molecule has 38 heavy (non-hydrogen) atoms. The van der Waals surface area contributed by atoms with Gasteiger partial charge in [0.1, 0.15) is 16.7 Å². The van der Waals surface area contributed by atoms with E-state index in [-0.39, 0.29) is 12.6 Å². The van der Waals surface area contributed by atoms with E-state index in [0.29, 0.717) is 33.8 Å². The number of carbonyl (C=O) groups excluding carboxylic acids is 2. The number of hydrogen-bond acceptors (Lipinski definition) is 4. The van der Waals surface area contributed by atoms with E-state index in [1.807, 2.05) is 36.4 Å². The maximum Gasteiger partial charge on any atom is 0.411 e. The van der Waals surface area contributed by atoms with Gasteiger partial charge in [0.15, 0.2) is 0 Å². The third kappa shape index (κ3) is 7.28. The molecular weight excluding hydrogens is 593 g/mol. The zero-order valence-corrected chi connectivity index (χ0v) is 23.3. The summed E-state index contributed by atoms with van der Waals surface area (Å²) in [6.45, 7) is 0.279. The van der Waals surface area contributed by atoms with E-state index in [1.165, 1.54) is 7.11 Å². The molecule has 8 nitrogen and oxygen atoms in total. The van der Waals surface area contributed by atoms with Crippen molar-refractivity contribution < 1.29 is 14.3 Å². The van der Waals surface area contributed by atoms with Crippen molar-refractivity contribution in [3.05, 3.63) is 104 Å². The van der Waals surface area contributed by atoms with E-state index in [0.717, 1.165) is 21.2 Å². The van der Waals surface area contributed by atoms with Crippen LogP contribution in [0.1, 0.15) is 23.0 Å². The summed E-state index contributed by atoms with van der Waals surface area (Å²) in [5.74, 6) is 0.504. The highest BCUT2D eigenvalue weighted by molar-refractivity contribution is 9.10. The van der Waals surface area contributed by atoms with Crippen molar-refractivity contribution in [2.75, 3.05) is 12.4 Å². The molecule has 3 aromatic carbocycles. The Bertz CT molecular complexity index is 1410. The minimum atomic E-state index is -0.561. The number of aromatic amines is 1. The number of nitrogens with zero attached hydrogens (tertiary/aromatic N) is 1. The van der Waals surface area contributed by atoms with Crippen LogP contribution in [0.5, 0.6) is 0 Å². The lowest BCUT2D eigenvalue weighted by Crippen LogP contribution is -2.38. The Hall–Kier alpha value is -3.53. The van der Waals surface area contributed by atoms with Gasteiger partial charge in [-0.25, -0.2) is 14.6 Å². The lowest BCUT2D eigenvalue weighted by molar-refractivity contribution is 0.187. The second-order valence-electron chi connectivity index (χ2n) is 8.28. The third-order valence-corrected chi connectivity index (χ3v) is 6.92. The van der Waals surface area contributed by atoms with Crippen molar-refractivity contribution in [3.63, 3.8) is 0 Å². The topological polar surface area (TPSA) is 108 Å². The number of urea groups is 1. The first-order valence-corrected chi connectivity index (χ1v) is 13.1. The van der Waals surface area contributed by atoms with E-state index >= 15 is 0 Å². The monoisotopic (exact) mass is 615 g/mol. The zero-order valence-electron chi connectivity index (χ0n) is 20.2. The van der Waals surface area contributed by atoms with Crippen LogP contribution in [0, 0.1) is 0 Å². The lowest BCUT2D eigenvalue weighted by Gasteiger charge is -2.18. The summed E-state index contributed by atoms with van der Waals surface area (Å²) in [5.41, 5.74) is 3.69. The molecule has 0 spiro atoms. The summed E-state index contributed by atoms with van der Waals surface area (Å²) >= 11 is 16.1. The van der Waals surface area contributed by atoms with Crippen LogP contribution in [0.15, 0.2) is 77.3 Å². The summed E-state index contributed by atoms with van der Waals surface area (Å²) in [6.07, 6.45) is -0.0749. The summed E-state index contributed by atoms with van der Waals surface area (Å²) in [6, 6.07) is 21.3. The Labute approximate surface area is 238 Å². The minimum absolute atomic E-state index is 0.279. The van der Waals surface area contributed by atoms with Gasteiger partial charge in [-0.05, 0) is 47.9 Å². The fourth-order valence-electron chi connectivity index (χ4n) is 3.74. The predicted octanol–water partition coefficient (Wildman–Crippen LogP) is 7.11. The molecule has 0 bridgehead atoms. The number of aromatic nitrogens is 2. The van der Waals surface area contributed by atoms with Crippen molar-refractivity contribution >= 4 is 56.9 Å². The molecule has 0 aliphatic rings. The first-order chi connectivity index (χ1) is 18.3. The Balaban J connectivity index is 1.53. The Morgan fingerprint density at radius 3 is 2.50 bits per heavy atom. The van der Waals surface area contributed by atoms with Gasteiger partial charge in [0, 0.05) is 27.3 Å². The van der Waals surface area contributed by atoms with Gasteiger partial charge in [0.2, 0.25) is 0 Å². The molecule has 196 valence electrons. The van der Waals surface area contributed by atoms with Gasteiger partial charge in [-0.1, -0.05) is 81.6 Å². The van der Waals surface area contributed by atoms with Crippen LogP contribution in [0.25, 0.3) is 11.3 Å². The smallest absolute Gasteiger partial charge is 0.411 e. The molecule has 1 atom stereocenters. The summed E-state index contributed by atoms with van der Waals surface area (Å²) in [7, 11) is 1.30. The standard InChI is InChI=1S/C27H24BrCl2N5O3/c1-38-27(37)32-20-10-7-17(8-11-20)23-24(30)35-25(34-23)22(13-16-5-3-2-4-6-16)33-26(36)31-15-18-14-19(29)9-12-21(18)28/h2-12,14,22H,13,15H2,1H3,(H,32,37)(H,34,35)(H2,31,33,36)/t22-/m0/s1. The number of benzene rings is 3. The summed E-state index contributed by atoms with van der Waals surface area (Å²) in [4.78, 5) is 32.2. The molecule has 0 radical (unpaired) electrons. The number of imidazole rings is 1. The highest BCUT2D eigenvalue weighted by Gasteiger charge is 2.22. The Morgan fingerprint density at radius 2 is 1.79 bits per heavy atom. The normalized spacial score (nSPS) is 11.5. The van der Waals surface area contributed by atoms with Crippen molar-refractivity contribution in [3.8, 4) is 11.3 Å². The van der Waals surface area contributed by atoms with Gasteiger partial charge in [0.05, 0.1) is 13.2 Å². The number of anilines is 1. The molecule has 4 N–H and O–H groups in total. The van der Waals surface area contributed by atoms with Gasteiger partial charge in [-0.3, -0.25) is 5.32 Å². The number of nitrogens with one attached hydrogen (secondary N) is 4. The minimum Gasteiger partial charge on any atom is -0.453 e. The van der Waals surface area contributed by atoms with Gasteiger partial charge in [-0.2, -0.15) is 0 Å². The zero-order chi connectivity index (χ0) is 27.1. The van der Waals surface area contributed by atoms with E-state index in [2.05, 4.69) is 41.6 Å². The number of amides is 3. The molecule has 0 aliphatic carbocycles. The summed E-state index contributed by atoms with van der Waals surface area (Å²) in [5, 5.41) is 9.39. The number of carbonyl (C=O) groups is 2. The van der Waals surface area contributed by atoms with Crippen LogP contribution in [0.3, 0.4) is 0 Å². The second-order valence-corrected chi connectivity index (χ2v) is 9.95. The van der Waals surface area contributed by atoms with Gasteiger partial charge < -0.3 is 20.4 Å². The van der Waals surface area contributed by atoms with E-state index in [9.17, 15) is 9.59 Å². The van der Waals surface area contributed by atoms with Crippen molar-refractivity contribution in [1.82, 2.24) is 20.6 Å². The van der Waals surface area contributed by atoms with E-state index in [1.54, 1.807) is 36.4 Å². The fourth-order valence-corrected chi connectivity index (χ4v) is 4.56. The average Bonchev–Trinajstić information content (AvgIpc) is 3.31. The van der Waals surface area contributed by atoms with Crippen LogP contribution >= 0.6 is 39.1 Å². The van der Waals surface area contributed by atoms with Crippen LogP contribution < -0.4 is 16.0 Å². The highest BCUT2D eigenvalue weighted by atomic mass is 79.9. The molecule has 0 saturated heterocycles. The average molecular weight is 617 g/mol. The Morgan fingerprint density at radius 1 is 1.05 bits per heavy atom. The first kappa shape index (κ1) is 27.5. The molecule has 0 unspecified atom stereocenters. The van der Waals surface area contributed by atoms with Crippen LogP contribution in [0.4, 0.5) is 15.3 Å². The second kappa shape index (κ2) is 12.8. The Kier molecular flexibility index (Phi) is 9.28. The first-order valence-electron chi connectivity index (χ1n) is 11.6. The molecule has 1 aromatic heterocycles. The number of ether oxygens (including phenoxy) is 1. The van der Waals surface area contributed by atoms with Gasteiger partial charge in [-0.15, -0.1) is 0 Å². The SMILES string of the molecule is COC(=O)Nc1ccc(-c2nc([C@H](Cc3ccccc3)NC(=O)NCc3cc(Cl)ccc3Br)[nH]c2Cl)cc1. The van der Waals surface area contributed by atoms with Gasteiger partial charge in [0.25, 0.3) is 0 Å². The number of hydrogen-bond donors (Lipinski definition) is 4.